The van der Waals surface area contributed by atoms with Crippen molar-refractivity contribution in [1.82, 2.24) is 10.0 Å². The minimum Gasteiger partial charge on any atom is -0.380 e. The smallest absolute Gasteiger partial charge is 0.241 e. The molecule has 1 fully saturated rings. The van der Waals surface area contributed by atoms with E-state index in [-0.39, 0.29) is 33.3 Å². The van der Waals surface area contributed by atoms with Gasteiger partial charge in [0.25, 0.3) is 0 Å². The molecular weight excluding hydrogens is 392 g/mol. The average molecular weight is 419 g/mol. The molecule has 8 nitrogen and oxygen atoms in total. The monoisotopic (exact) mass is 418 g/mol. The van der Waals surface area contributed by atoms with Crippen LogP contribution in [-0.2, 0) is 29.4 Å². The number of amides is 1. The summed E-state index contributed by atoms with van der Waals surface area (Å²) in [7, 11) is -5.93. The number of ether oxygens (including phenoxy) is 1. The summed E-state index contributed by atoms with van der Waals surface area (Å²) in [5.41, 5.74) is -0.257. The lowest BCUT2D eigenvalue weighted by Gasteiger charge is -2.56. The van der Waals surface area contributed by atoms with Crippen LogP contribution in [0.25, 0.3) is 0 Å². The van der Waals surface area contributed by atoms with Crippen LogP contribution in [0.5, 0.6) is 0 Å². The number of sulfone groups is 1. The number of hydrogen-bond donors (Lipinski definition) is 2. The van der Waals surface area contributed by atoms with E-state index in [1.807, 2.05) is 20.8 Å². The standard InChI is InChI=1S/C17H26N2O6S2/c1-11-15(17(2,3)16(11)25-4)19-14(20)10-18-27(23,24)13-8-6-7-12(9-13)26(5,21)22/h6-9,11,15-16,18H,10H2,1-5H3,(H,19,20). The quantitative estimate of drug-likeness (QED) is 0.667. The highest BCUT2D eigenvalue weighted by Crippen LogP contribution is 2.46. The highest BCUT2D eigenvalue weighted by molar-refractivity contribution is 7.91. The van der Waals surface area contributed by atoms with Crippen molar-refractivity contribution in [1.29, 1.82) is 0 Å². The number of nitrogens with one attached hydrogen (secondary N) is 2. The Morgan fingerprint density at radius 3 is 2.30 bits per heavy atom. The van der Waals surface area contributed by atoms with Gasteiger partial charge in [0.1, 0.15) is 0 Å². The van der Waals surface area contributed by atoms with Gasteiger partial charge in [-0.05, 0) is 18.2 Å². The number of sulfonamides is 1. The summed E-state index contributed by atoms with van der Waals surface area (Å²) < 4.78 is 55.6. The predicted octanol–water partition coefficient (Wildman–Crippen LogP) is 0.544. The SMILES string of the molecule is COC1C(C)C(NC(=O)CNS(=O)(=O)c2cccc(S(C)(=O)=O)c2)C1(C)C. The van der Waals surface area contributed by atoms with Crippen molar-refractivity contribution in [2.45, 2.75) is 42.7 Å². The number of carbonyl (C=O) groups is 1. The van der Waals surface area contributed by atoms with Crippen LogP contribution in [0.3, 0.4) is 0 Å². The Balaban J connectivity index is 2.03. The number of benzene rings is 1. The molecule has 0 saturated heterocycles. The molecule has 1 aliphatic carbocycles. The first-order valence-corrected chi connectivity index (χ1v) is 11.8. The molecule has 10 heteroatoms. The molecule has 0 spiro atoms. The fourth-order valence-electron chi connectivity index (χ4n) is 3.76. The van der Waals surface area contributed by atoms with Crippen LogP contribution in [0, 0.1) is 11.3 Å². The highest BCUT2D eigenvalue weighted by atomic mass is 32.2. The Kier molecular flexibility index (Phi) is 6.05. The van der Waals surface area contributed by atoms with Crippen LogP contribution in [0.15, 0.2) is 34.1 Å². The third-order valence-corrected chi connectivity index (χ3v) is 7.58. The number of hydrogen-bond acceptors (Lipinski definition) is 6. The van der Waals surface area contributed by atoms with E-state index in [1.165, 1.54) is 18.2 Å². The normalized spacial score (nSPS) is 24.9. The van der Waals surface area contributed by atoms with E-state index in [4.69, 9.17) is 4.74 Å². The first-order chi connectivity index (χ1) is 12.3. The fraction of sp³-hybridized carbons (Fsp3) is 0.588. The lowest BCUT2D eigenvalue weighted by atomic mass is 9.58. The molecule has 0 heterocycles. The molecule has 2 rings (SSSR count). The predicted molar refractivity (Wildman–Crippen MR) is 100 cm³/mol. The van der Waals surface area contributed by atoms with Crippen LogP contribution in [0.2, 0.25) is 0 Å². The molecule has 0 bridgehead atoms. The Bertz CT molecular complexity index is 924. The van der Waals surface area contributed by atoms with Crippen molar-refractivity contribution < 1.29 is 26.4 Å². The topological polar surface area (TPSA) is 119 Å². The molecule has 3 unspecified atom stereocenters. The zero-order valence-corrected chi connectivity index (χ0v) is 17.6. The lowest BCUT2D eigenvalue weighted by molar-refractivity contribution is -0.153. The molecular formula is C17H26N2O6S2. The molecule has 1 aliphatic rings. The van der Waals surface area contributed by atoms with Crippen LogP contribution in [0.4, 0.5) is 0 Å². The maximum absolute atomic E-state index is 12.4. The zero-order chi connectivity index (χ0) is 20.6. The summed E-state index contributed by atoms with van der Waals surface area (Å²) in [5, 5.41) is 2.84. The summed E-state index contributed by atoms with van der Waals surface area (Å²) in [6.07, 6.45) is 1.01. The van der Waals surface area contributed by atoms with Crippen LogP contribution in [0.1, 0.15) is 20.8 Å². The van der Waals surface area contributed by atoms with Crippen molar-refractivity contribution >= 4 is 25.8 Å². The van der Waals surface area contributed by atoms with E-state index >= 15 is 0 Å². The molecule has 0 radical (unpaired) electrons. The number of carbonyl (C=O) groups excluding carboxylic acids is 1. The molecule has 1 saturated carbocycles. The molecule has 1 amide bonds. The van der Waals surface area contributed by atoms with E-state index < -0.39 is 32.3 Å². The Morgan fingerprint density at radius 1 is 1.19 bits per heavy atom. The second-order valence-corrected chi connectivity index (χ2v) is 11.2. The third-order valence-electron chi connectivity index (χ3n) is 5.08. The van der Waals surface area contributed by atoms with E-state index in [2.05, 4.69) is 10.0 Å². The largest absolute Gasteiger partial charge is 0.380 e. The van der Waals surface area contributed by atoms with Gasteiger partial charge in [-0.1, -0.05) is 26.8 Å². The van der Waals surface area contributed by atoms with E-state index in [9.17, 15) is 21.6 Å². The van der Waals surface area contributed by atoms with Crippen LogP contribution in [-0.4, -0.2) is 54.8 Å². The molecule has 152 valence electrons. The first-order valence-electron chi connectivity index (χ1n) is 8.42. The van der Waals surface area contributed by atoms with Crippen LogP contribution < -0.4 is 10.0 Å². The zero-order valence-electron chi connectivity index (χ0n) is 16.0. The third kappa shape index (κ3) is 4.50. The minimum atomic E-state index is -4.02. The number of methoxy groups -OCH3 is 1. The highest BCUT2D eigenvalue weighted by Gasteiger charge is 2.55. The van der Waals surface area contributed by atoms with Gasteiger partial charge in [-0.15, -0.1) is 0 Å². The minimum absolute atomic E-state index is 0.0122. The first kappa shape index (κ1) is 21.8. The summed E-state index contributed by atoms with van der Waals surface area (Å²) in [5.74, 6) is -0.352. The van der Waals surface area contributed by atoms with Crippen molar-refractivity contribution in [3.63, 3.8) is 0 Å². The molecule has 0 aromatic heterocycles. The van der Waals surface area contributed by atoms with Crippen molar-refractivity contribution in [3.8, 4) is 0 Å². The molecule has 3 atom stereocenters. The van der Waals surface area contributed by atoms with Crippen molar-refractivity contribution in [2.75, 3.05) is 19.9 Å². The van der Waals surface area contributed by atoms with Gasteiger partial charge in [0.15, 0.2) is 9.84 Å². The Hall–Kier alpha value is -1.49. The van der Waals surface area contributed by atoms with Gasteiger partial charge in [-0.25, -0.2) is 21.6 Å². The van der Waals surface area contributed by atoms with Gasteiger partial charge >= 0.3 is 0 Å². The molecule has 0 aliphatic heterocycles. The fourth-order valence-corrected chi connectivity index (χ4v) is 5.53. The van der Waals surface area contributed by atoms with Gasteiger partial charge in [0.2, 0.25) is 15.9 Å². The van der Waals surface area contributed by atoms with Gasteiger partial charge in [-0.2, -0.15) is 0 Å². The van der Waals surface area contributed by atoms with E-state index in [1.54, 1.807) is 7.11 Å². The second-order valence-electron chi connectivity index (χ2n) is 7.45. The van der Waals surface area contributed by atoms with Gasteiger partial charge in [-0.3, -0.25) is 4.79 Å². The summed E-state index contributed by atoms with van der Waals surface area (Å²) in [6, 6.07) is 4.86. The lowest BCUT2D eigenvalue weighted by Crippen LogP contribution is -2.68. The van der Waals surface area contributed by atoms with Gasteiger partial charge in [0.05, 0.1) is 22.4 Å². The molecule has 2 N–H and O–H groups in total. The van der Waals surface area contributed by atoms with E-state index in [0.717, 1.165) is 12.3 Å². The maximum atomic E-state index is 12.4. The van der Waals surface area contributed by atoms with Gasteiger partial charge < -0.3 is 10.1 Å². The van der Waals surface area contributed by atoms with Crippen molar-refractivity contribution in [2.24, 2.45) is 11.3 Å². The maximum Gasteiger partial charge on any atom is 0.241 e. The number of rotatable bonds is 7. The second kappa shape index (κ2) is 7.50. The summed E-state index contributed by atoms with van der Waals surface area (Å²) in [6.45, 7) is 5.48. The van der Waals surface area contributed by atoms with Crippen LogP contribution >= 0.6 is 0 Å². The Labute approximate surface area is 160 Å². The van der Waals surface area contributed by atoms with Crippen molar-refractivity contribution in [3.05, 3.63) is 24.3 Å². The Morgan fingerprint density at radius 2 is 1.78 bits per heavy atom. The molecule has 1 aromatic carbocycles. The van der Waals surface area contributed by atoms with Gasteiger partial charge in [0, 0.05) is 30.7 Å². The molecule has 27 heavy (non-hydrogen) atoms. The molecule has 1 aromatic rings. The van der Waals surface area contributed by atoms with E-state index in [0.29, 0.717) is 0 Å². The summed E-state index contributed by atoms with van der Waals surface area (Å²) >= 11 is 0. The summed E-state index contributed by atoms with van der Waals surface area (Å²) in [4.78, 5) is 11.9. The average Bonchev–Trinajstić information content (AvgIpc) is 2.57.